The van der Waals surface area contributed by atoms with Gasteiger partial charge in [-0.25, -0.2) is 0 Å². The standard InChI is InChI=1S/C16H19N3O2/c1-11-4-5-13(10-20)8-15(11)18-16(21)7-6-14-9-17-19(3)12(14)2/h4-9,20H,10H2,1-3H3,(H,18,21)/b7-6+. The maximum absolute atomic E-state index is 12.0. The number of carbonyl (C=O) groups is 1. The predicted octanol–water partition coefficient (Wildman–Crippen LogP) is 2.18. The summed E-state index contributed by atoms with van der Waals surface area (Å²) >= 11 is 0. The monoisotopic (exact) mass is 285 g/mol. The average Bonchev–Trinajstić information content (AvgIpc) is 2.79. The number of aromatic nitrogens is 2. The fourth-order valence-corrected chi connectivity index (χ4v) is 1.92. The van der Waals surface area contributed by atoms with Gasteiger partial charge in [0, 0.05) is 30.1 Å². The van der Waals surface area contributed by atoms with Crippen molar-refractivity contribution in [2.24, 2.45) is 7.05 Å². The van der Waals surface area contributed by atoms with Crippen molar-refractivity contribution in [1.82, 2.24) is 9.78 Å². The van der Waals surface area contributed by atoms with E-state index < -0.39 is 0 Å². The predicted molar refractivity (Wildman–Crippen MR) is 82.7 cm³/mol. The van der Waals surface area contributed by atoms with Crippen LogP contribution in [-0.4, -0.2) is 20.8 Å². The number of nitrogens with one attached hydrogen (secondary N) is 1. The SMILES string of the molecule is Cc1ccc(CO)cc1NC(=O)/C=C/c1cnn(C)c1C. The molecule has 0 atom stereocenters. The second-order valence-electron chi connectivity index (χ2n) is 4.94. The Balaban J connectivity index is 2.10. The maximum atomic E-state index is 12.0. The second-order valence-corrected chi connectivity index (χ2v) is 4.94. The van der Waals surface area contributed by atoms with Gasteiger partial charge in [0.25, 0.3) is 0 Å². The molecule has 21 heavy (non-hydrogen) atoms. The van der Waals surface area contributed by atoms with Crippen LogP contribution in [0.25, 0.3) is 6.08 Å². The van der Waals surface area contributed by atoms with Crippen LogP contribution >= 0.6 is 0 Å². The molecule has 1 amide bonds. The molecule has 5 heteroatoms. The molecule has 2 N–H and O–H groups in total. The first kappa shape index (κ1) is 15.0. The van der Waals surface area contributed by atoms with E-state index in [-0.39, 0.29) is 12.5 Å². The van der Waals surface area contributed by atoms with Crippen LogP contribution in [0.15, 0.2) is 30.5 Å². The van der Waals surface area contributed by atoms with Crippen molar-refractivity contribution in [3.8, 4) is 0 Å². The van der Waals surface area contributed by atoms with Gasteiger partial charge in [-0.15, -0.1) is 0 Å². The van der Waals surface area contributed by atoms with E-state index in [0.29, 0.717) is 5.69 Å². The molecule has 0 saturated carbocycles. The number of hydrogen-bond donors (Lipinski definition) is 2. The summed E-state index contributed by atoms with van der Waals surface area (Å²) in [6, 6.07) is 5.48. The Morgan fingerprint density at radius 3 is 2.81 bits per heavy atom. The minimum Gasteiger partial charge on any atom is -0.392 e. The van der Waals surface area contributed by atoms with E-state index in [1.807, 2.05) is 33.0 Å². The Morgan fingerprint density at radius 2 is 2.19 bits per heavy atom. The van der Waals surface area contributed by atoms with E-state index in [4.69, 9.17) is 5.11 Å². The summed E-state index contributed by atoms with van der Waals surface area (Å²) in [7, 11) is 1.86. The molecule has 110 valence electrons. The largest absolute Gasteiger partial charge is 0.392 e. The highest BCUT2D eigenvalue weighted by Gasteiger charge is 2.04. The lowest BCUT2D eigenvalue weighted by Gasteiger charge is -2.08. The number of hydrogen-bond acceptors (Lipinski definition) is 3. The lowest BCUT2D eigenvalue weighted by atomic mass is 10.1. The molecule has 0 aliphatic carbocycles. The van der Waals surface area contributed by atoms with Gasteiger partial charge in [-0.05, 0) is 37.1 Å². The summed E-state index contributed by atoms with van der Waals surface area (Å²) in [5, 5.41) is 16.1. The molecule has 0 spiro atoms. The number of anilines is 1. The van der Waals surface area contributed by atoms with E-state index in [2.05, 4.69) is 10.4 Å². The Hall–Kier alpha value is -2.40. The van der Waals surface area contributed by atoms with Crippen LogP contribution in [0.5, 0.6) is 0 Å². The van der Waals surface area contributed by atoms with E-state index in [1.54, 1.807) is 23.0 Å². The van der Waals surface area contributed by atoms with Gasteiger partial charge in [0.15, 0.2) is 0 Å². The highest BCUT2D eigenvalue weighted by atomic mass is 16.3. The maximum Gasteiger partial charge on any atom is 0.248 e. The van der Waals surface area contributed by atoms with Gasteiger partial charge >= 0.3 is 0 Å². The molecular formula is C16H19N3O2. The average molecular weight is 285 g/mol. The minimum absolute atomic E-state index is 0.0477. The Labute approximate surface area is 123 Å². The summed E-state index contributed by atoms with van der Waals surface area (Å²) < 4.78 is 1.76. The summed E-state index contributed by atoms with van der Waals surface area (Å²) in [6.07, 6.45) is 4.94. The van der Waals surface area contributed by atoms with Crippen molar-refractivity contribution in [2.75, 3.05) is 5.32 Å². The lowest BCUT2D eigenvalue weighted by Crippen LogP contribution is -2.09. The van der Waals surface area contributed by atoms with E-state index in [0.717, 1.165) is 22.4 Å². The van der Waals surface area contributed by atoms with Crippen LogP contribution < -0.4 is 5.32 Å². The second kappa shape index (κ2) is 6.37. The van der Waals surface area contributed by atoms with Crippen molar-refractivity contribution in [1.29, 1.82) is 0 Å². The number of aliphatic hydroxyl groups is 1. The van der Waals surface area contributed by atoms with Crippen molar-refractivity contribution >= 4 is 17.7 Å². The third-order valence-corrected chi connectivity index (χ3v) is 3.43. The van der Waals surface area contributed by atoms with E-state index in [9.17, 15) is 4.79 Å². The van der Waals surface area contributed by atoms with Crippen LogP contribution in [0.2, 0.25) is 0 Å². The number of carbonyl (C=O) groups excluding carboxylic acids is 1. The molecule has 0 unspecified atom stereocenters. The fourth-order valence-electron chi connectivity index (χ4n) is 1.92. The number of aliphatic hydroxyl groups excluding tert-OH is 1. The van der Waals surface area contributed by atoms with Gasteiger partial charge < -0.3 is 10.4 Å². The van der Waals surface area contributed by atoms with Crippen molar-refractivity contribution in [3.63, 3.8) is 0 Å². The molecule has 2 aromatic rings. The Morgan fingerprint density at radius 1 is 1.43 bits per heavy atom. The fraction of sp³-hybridized carbons (Fsp3) is 0.250. The molecule has 0 bridgehead atoms. The smallest absolute Gasteiger partial charge is 0.248 e. The zero-order valence-electron chi connectivity index (χ0n) is 12.4. The van der Waals surface area contributed by atoms with Gasteiger partial charge in [-0.1, -0.05) is 12.1 Å². The normalized spacial score (nSPS) is 11.0. The van der Waals surface area contributed by atoms with Gasteiger partial charge in [0.1, 0.15) is 0 Å². The van der Waals surface area contributed by atoms with Crippen LogP contribution in [0.1, 0.15) is 22.4 Å². The molecule has 0 fully saturated rings. The van der Waals surface area contributed by atoms with Gasteiger partial charge in [0.2, 0.25) is 5.91 Å². The molecule has 1 aromatic carbocycles. The first-order chi connectivity index (χ1) is 10.0. The van der Waals surface area contributed by atoms with Crippen LogP contribution in [-0.2, 0) is 18.4 Å². The number of amides is 1. The molecule has 0 radical (unpaired) electrons. The van der Waals surface area contributed by atoms with Crippen LogP contribution in [0.4, 0.5) is 5.69 Å². The molecule has 0 aliphatic heterocycles. The quantitative estimate of drug-likeness (QED) is 0.846. The number of rotatable bonds is 4. The molecular weight excluding hydrogens is 266 g/mol. The van der Waals surface area contributed by atoms with E-state index >= 15 is 0 Å². The van der Waals surface area contributed by atoms with Gasteiger partial charge in [-0.3, -0.25) is 9.48 Å². The first-order valence-corrected chi connectivity index (χ1v) is 6.69. The molecule has 2 rings (SSSR count). The van der Waals surface area contributed by atoms with Crippen molar-refractivity contribution in [2.45, 2.75) is 20.5 Å². The topological polar surface area (TPSA) is 67.2 Å². The Bertz CT molecular complexity index is 687. The third-order valence-electron chi connectivity index (χ3n) is 3.43. The van der Waals surface area contributed by atoms with Gasteiger partial charge in [0.05, 0.1) is 12.8 Å². The Kier molecular flexibility index (Phi) is 4.55. The molecule has 0 aliphatic rings. The zero-order valence-corrected chi connectivity index (χ0v) is 12.4. The summed E-state index contributed by atoms with van der Waals surface area (Å²) in [5.74, 6) is -0.212. The highest BCUT2D eigenvalue weighted by Crippen LogP contribution is 2.17. The third kappa shape index (κ3) is 3.58. The number of aryl methyl sites for hydroxylation is 2. The molecule has 5 nitrogen and oxygen atoms in total. The first-order valence-electron chi connectivity index (χ1n) is 6.69. The van der Waals surface area contributed by atoms with Crippen LogP contribution in [0, 0.1) is 13.8 Å². The number of benzene rings is 1. The molecule has 0 saturated heterocycles. The van der Waals surface area contributed by atoms with Gasteiger partial charge in [-0.2, -0.15) is 5.10 Å². The number of nitrogens with zero attached hydrogens (tertiary/aromatic N) is 2. The minimum atomic E-state index is -0.212. The van der Waals surface area contributed by atoms with E-state index in [1.165, 1.54) is 6.08 Å². The summed E-state index contributed by atoms with van der Waals surface area (Å²) in [5.41, 5.74) is 4.33. The molecule has 1 aromatic heterocycles. The summed E-state index contributed by atoms with van der Waals surface area (Å²) in [4.78, 5) is 12.0. The lowest BCUT2D eigenvalue weighted by molar-refractivity contribution is -0.111. The summed E-state index contributed by atoms with van der Waals surface area (Å²) in [6.45, 7) is 3.80. The van der Waals surface area contributed by atoms with Crippen molar-refractivity contribution < 1.29 is 9.90 Å². The highest BCUT2D eigenvalue weighted by molar-refractivity contribution is 6.02. The van der Waals surface area contributed by atoms with Crippen LogP contribution in [0.3, 0.4) is 0 Å². The molecule has 1 heterocycles. The zero-order chi connectivity index (χ0) is 15.4. The van der Waals surface area contributed by atoms with Crippen molar-refractivity contribution in [3.05, 3.63) is 52.9 Å².